The Hall–Kier alpha value is -3.07. The number of benzene rings is 3. The number of aryl methyl sites for hydroxylation is 3. The third kappa shape index (κ3) is 7.77. The van der Waals surface area contributed by atoms with E-state index < -0.39 is 28.5 Å². The second-order valence-electron chi connectivity index (χ2n) is 9.91. The standard InChI is InChI=1S/C30H35Cl2N3O4S/c1-6-13-33-30(37)23(5)34(18-24-9-12-27(31)28(32)17-24)29(36)19-35(25-15-21(3)14-22(4)16-25)40(38,39)26-10-7-20(2)8-11-26/h7-12,14-17,23H,6,13,18-19H2,1-5H3,(H,33,37)/t23-/m1/s1. The van der Waals surface area contributed by atoms with Crippen LogP contribution in [0.4, 0.5) is 5.69 Å². The van der Waals surface area contributed by atoms with E-state index in [4.69, 9.17) is 23.2 Å². The Labute approximate surface area is 247 Å². The number of halogens is 2. The summed E-state index contributed by atoms with van der Waals surface area (Å²) in [6.45, 7) is 9.13. The predicted octanol–water partition coefficient (Wildman–Crippen LogP) is 6.06. The average Bonchev–Trinajstić information content (AvgIpc) is 2.90. The average molecular weight is 605 g/mol. The summed E-state index contributed by atoms with van der Waals surface area (Å²) in [6.07, 6.45) is 0.731. The number of sulfonamides is 1. The van der Waals surface area contributed by atoms with Gasteiger partial charge in [0.2, 0.25) is 11.8 Å². The largest absolute Gasteiger partial charge is 0.354 e. The molecular weight excluding hydrogens is 569 g/mol. The second kappa shape index (κ2) is 13.5. The van der Waals surface area contributed by atoms with Gasteiger partial charge in [0.25, 0.3) is 10.0 Å². The number of nitrogens with one attached hydrogen (secondary N) is 1. The van der Waals surface area contributed by atoms with Gasteiger partial charge in [-0.15, -0.1) is 0 Å². The number of anilines is 1. The summed E-state index contributed by atoms with van der Waals surface area (Å²) in [7, 11) is -4.13. The van der Waals surface area contributed by atoms with Gasteiger partial charge in [-0.25, -0.2) is 8.42 Å². The third-order valence-electron chi connectivity index (χ3n) is 6.44. The van der Waals surface area contributed by atoms with Crippen molar-refractivity contribution in [2.75, 3.05) is 17.4 Å². The van der Waals surface area contributed by atoms with E-state index in [0.29, 0.717) is 27.8 Å². The van der Waals surface area contributed by atoms with Gasteiger partial charge in [0.1, 0.15) is 12.6 Å². The van der Waals surface area contributed by atoms with E-state index in [0.717, 1.165) is 27.4 Å². The highest BCUT2D eigenvalue weighted by Gasteiger charge is 2.32. The van der Waals surface area contributed by atoms with E-state index >= 15 is 0 Å². The molecule has 1 atom stereocenters. The molecule has 0 unspecified atom stereocenters. The molecule has 0 aliphatic rings. The maximum Gasteiger partial charge on any atom is 0.264 e. The Morgan fingerprint density at radius 1 is 0.875 bits per heavy atom. The molecule has 3 aromatic carbocycles. The SMILES string of the molecule is CCCNC(=O)[C@@H](C)N(Cc1ccc(Cl)c(Cl)c1)C(=O)CN(c1cc(C)cc(C)c1)S(=O)(=O)c1ccc(C)cc1. The molecular formula is C30H35Cl2N3O4S. The quantitative estimate of drug-likeness (QED) is 0.289. The molecule has 0 saturated carbocycles. The lowest BCUT2D eigenvalue weighted by atomic mass is 10.1. The van der Waals surface area contributed by atoms with E-state index in [1.54, 1.807) is 49.4 Å². The first-order valence-corrected chi connectivity index (χ1v) is 15.2. The van der Waals surface area contributed by atoms with Gasteiger partial charge >= 0.3 is 0 Å². The Kier molecular flexibility index (Phi) is 10.6. The molecule has 0 radical (unpaired) electrons. The molecule has 0 aromatic heterocycles. The van der Waals surface area contributed by atoms with Crippen LogP contribution in [-0.4, -0.2) is 44.3 Å². The van der Waals surface area contributed by atoms with Crippen LogP contribution in [0.3, 0.4) is 0 Å². The summed E-state index contributed by atoms with van der Waals surface area (Å²) in [5.41, 5.74) is 3.63. The van der Waals surface area contributed by atoms with Crippen LogP contribution in [0.25, 0.3) is 0 Å². The number of hydrogen-bond donors (Lipinski definition) is 1. The van der Waals surface area contributed by atoms with Gasteiger partial charge in [-0.3, -0.25) is 13.9 Å². The summed E-state index contributed by atoms with van der Waals surface area (Å²) < 4.78 is 29.0. The highest BCUT2D eigenvalue weighted by Crippen LogP contribution is 2.28. The first kappa shape index (κ1) is 31.5. The third-order valence-corrected chi connectivity index (χ3v) is 8.96. The minimum Gasteiger partial charge on any atom is -0.354 e. The van der Waals surface area contributed by atoms with Crippen molar-refractivity contribution in [2.24, 2.45) is 0 Å². The lowest BCUT2D eigenvalue weighted by Gasteiger charge is -2.32. The lowest BCUT2D eigenvalue weighted by molar-refractivity contribution is -0.139. The molecule has 0 heterocycles. The first-order chi connectivity index (χ1) is 18.8. The van der Waals surface area contributed by atoms with Crippen molar-refractivity contribution in [1.29, 1.82) is 0 Å². The molecule has 0 aliphatic carbocycles. The maximum atomic E-state index is 14.0. The van der Waals surface area contributed by atoms with Crippen molar-refractivity contribution < 1.29 is 18.0 Å². The molecule has 40 heavy (non-hydrogen) atoms. The molecule has 214 valence electrons. The van der Waals surface area contributed by atoms with E-state index in [9.17, 15) is 18.0 Å². The number of nitrogens with zero attached hydrogens (tertiary/aromatic N) is 2. The van der Waals surface area contributed by atoms with E-state index in [-0.39, 0.29) is 17.3 Å². The van der Waals surface area contributed by atoms with Crippen molar-refractivity contribution in [1.82, 2.24) is 10.2 Å². The van der Waals surface area contributed by atoms with Crippen LogP contribution in [0.15, 0.2) is 65.6 Å². The fraction of sp³-hybridized carbons (Fsp3) is 0.333. The molecule has 3 rings (SSSR count). The zero-order valence-electron chi connectivity index (χ0n) is 23.4. The van der Waals surface area contributed by atoms with Crippen LogP contribution in [-0.2, 0) is 26.2 Å². The number of amides is 2. The van der Waals surface area contributed by atoms with Gasteiger partial charge in [-0.1, -0.05) is 60.0 Å². The van der Waals surface area contributed by atoms with Crippen LogP contribution < -0.4 is 9.62 Å². The lowest BCUT2D eigenvalue weighted by Crippen LogP contribution is -2.51. The Morgan fingerprint density at radius 3 is 2.08 bits per heavy atom. The minimum atomic E-state index is -4.13. The Balaban J connectivity index is 2.06. The highest BCUT2D eigenvalue weighted by molar-refractivity contribution is 7.92. The van der Waals surface area contributed by atoms with Crippen LogP contribution in [0.2, 0.25) is 10.0 Å². The number of hydrogen-bond acceptors (Lipinski definition) is 4. The Bertz CT molecular complexity index is 1460. The maximum absolute atomic E-state index is 14.0. The molecule has 0 fully saturated rings. The first-order valence-electron chi connectivity index (χ1n) is 13.0. The highest BCUT2D eigenvalue weighted by atomic mass is 35.5. The van der Waals surface area contributed by atoms with Crippen molar-refractivity contribution in [3.8, 4) is 0 Å². The molecule has 3 aromatic rings. The van der Waals surface area contributed by atoms with Crippen molar-refractivity contribution in [3.63, 3.8) is 0 Å². The fourth-order valence-corrected chi connectivity index (χ4v) is 5.99. The zero-order chi connectivity index (χ0) is 29.6. The number of rotatable bonds is 11. The summed E-state index contributed by atoms with van der Waals surface area (Å²) in [5.74, 6) is -0.880. The fourth-order valence-electron chi connectivity index (χ4n) is 4.27. The normalized spacial score (nSPS) is 12.1. The summed E-state index contributed by atoms with van der Waals surface area (Å²) in [6, 6.07) is 16.0. The molecule has 1 N–H and O–H groups in total. The van der Waals surface area contributed by atoms with E-state index in [2.05, 4.69) is 5.32 Å². The minimum absolute atomic E-state index is 0.0295. The zero-order valence-corrected chi connectivity index (χ0v) is 25.7. The number of carbonyl (C=O) groups excluding carboxylic acids is 2. The van der Waals surface area contributed by atoms with Crippen LogP contribution in [0.5, 0.6) is 0 Å². The molecule has 10 heteroatoms. The van der Waals surface area contributed by atoms with Gasteiger partial charge in [-0.2, -0.15) is 0 Å². The van der Waals surface area contributed by atoms with Crippen LogP contribution in [0.1, 0.15) is 42.5 Å². The molecule has 2 amide bonds. The molecule has 0 saturated heterocycles. The van der Waals surface area contributed by atoms with Gasteiger partial charge in [-0.05, 0) is 87.2 Å². The van der Waals surface area contributed by atoms with Crippen molar-refractivity contribution in [3.05, 3.63) is 93.0 Å². The van der Waals surface area contributed by atoms with Crippen molar-refractivity contribution >= 4 is 50.7 Å². The second-order valence-corrected chi connectivity index (χ2v) is 12.6. The van der Waals surface area contributed by atoms with Gasteiger partial charge in [0.05, 0.1) is 20.6 Å². The van der Waals surface area contributed by atoms with Gasteiger partial charge in [0.15, 0.2) is 0 Å². The molecule has 0 aliphatic heterocycles. The molecule has 0 spiro atoms. The van der Waals surface area contributed by atoms with Crippen LogP contribution in [0, 0.1) is 20.8 Å². The smallest absolute Gasteiger partial charge is 0.264 e. The van der Waals surface area contributed by atoms with E-state index in [1.807, 2.05) is 33.8 Å². The topological polar surface area (TPSA) is 86.8 Å². The Morgan fingerprint density at radius 2 is 1.50 bits per heavy atom. The van der Waals surface area contributed by atoms with Gasteiger partial charge in [0, 0.05) is 13.1 Å². The summed E-state index contributed by atoms with van der Waals surface area (Å²) >= 11 is 12.3. The van der Waals surface area contributed by atoms with Gasteiger partial charge < -0.3 is 10.2 Å². The molecule has 7 nitrogen and oxygen atoms in total. The summed E-state index contributed by atoms with van der Waals surface area (Å²) in [5, 5.41) is 3.50. The monoisotopic (exact) mass is 603 g/mol. The molecule has 0 bridgehead atoms. The van der Waals surface area contributed by atoms with Crippen molar-refractivity contribution in [2.45, 2.75) is 58.5 Å². The van der Waals surface area contributed by atoms with E-state index in [1.165, 1.54) is 17.0 Å². The van der Waals surface area contributed by atoms with Crippen LogP contribution >= 0.6 is 23.2 Å². The predicted molar refractivity (Wildman–Crippen MR) is 161 cm³/mol. The number of carbonyl (C=O) groups is 2. The summed E-state index contributed by atoms with van der Waals surface area (Å²) in [4.78, 5) is 28.4.